The van der Waals surface area contributed by atoms with Crippen molar-refractivity contribution >= 4 is 40.6 Å². The molecule has 1 amide bonds. The minimum Gasteiger partial charge on any atom is -0.497 e. The topological polar surface area (TPSA) is 73.9 Å². The number of Topliss-reactive ketones (excluding diaryl/α,β-unsaturated/α-hetero) is 1. The molecule has 2 aromatic rings. The minimum absolute atomic E-state index is 0.168. The van der Waals surface area contributed by atoms with Crippen molar-refractivity contribution in [2.24, 2.45) is 0 Å². The predicted molar refractivity (Wildman–Crippen MR) is 100 cm³/mol. The lowest BCUT2D eigenvalue weighted by atomic mass is 10.1. The maximum Gasteiger partial charge on any atom is 0.255 e. The Hall–Kier alpha value is -2.28. The van der Waals surface area contributed by atoms with Crippen LogP contribution in [0.3, 0.4) is 0 Å². The van der Waals surface area contributed by atoms with Crippen LogP contribution in [0, 0.1) is 0 Å². The summed E-state index contributed by atoms with van der Waals surface area (Å²) >= 11 is 11.8. The third-order valence-corrected chi connectivity index (χ3v) is 4.25. The van der Waals surface area contributed by atoms with Crippen LogP contribution in [-0.4, -0.2) is 39.6 Å². The summed E-state index contributed by atoms with van der Waals surface area (Å²) in [6.45, 7) is -0.168. The van der Waals surface area contributed by atoms with E-state index in [0.29, 0.717) is 10.8 Å². The number of ketones is 1. The van der Waals surface area contributed by atoms with Gasteiger partial charge >= 0.3 is 0 Å². The molecule has 8 heteroatoms. The largest absolute Gasteiger partial charge is 0.497 e. The number of amides is 1. The third-order valence-electron chi connectivity index (χ3n) is 3.52. The number of rotatable bonds is 7. The van der Waals surface area contributed by atoms with Crippen molar-refractivity contribution < 1.29 is 23.8 Å². The van der Waals surface area contributed by atoms with Crippen LogP contribution in [-0.2, 0) is 4.74 Å². The Morgan fingerprint density at radius 1 is 1.00 bits per heavy atom. The molecule has 0 aliphatic rings. The first kappa shape index (κ1) is 20.0. The van der Waals surface area contributed by atoms with Gasteiger partial charge in [-0.3, -0.25) is 9.59 Å². The normalized spacial score (nSPS) is 10.3. The van der Waals surface area contributed by atoms with Crippen LogP contribution in [0.15, 0.2) is 30.3 Å². The number of ether oxygens (including phenoxy) is 3. The first-order valence-electron chi connectivity index (χ1n) is 7.45. The van der Waals surface area contributed by atoms with E-state index in [4.69, 9.17) is 37.4 Å². The molecule has 0 aliphatic carbocycles. The van der Waals surface area contributed by atoms with Crippen LogP contribution in [0.5, 0.6) is 11.5 Å². The van der Waals surface area contributed by atoms with Crippen LogP contribution in [0.25, 0.3) is 0 Å². The van der Waals surface area contributed by atoms with Gasteiger partial charge in [0.2, 0.25) is 0 Å². The Labute approximate surface area is 160 Å². The first-order chi connectivity index (χ1) is 12.4. The van der Waals surface area contributed by atoms with E-state index in [9.17, 15) is 9.59 Å². The molecular formula is C18H17Cl2NO5. The molecule has 1 N–H and O–H groups in total. The fraction of sp³-hybridized carbons (Fsp3) is 0.222. The summed E-state index contributed by atoms with van der Waals surface area (Å²) in [7, 11) is 4.29. The van der Waals surface area contributed by atoms with E-state index in [1.54, 1.807) is 6.07 Å². The second-order valence-corrected chi connectivity index (χ2v) is 6.01. The van der Waals surface area contributed by atoms with Gasteiger partial charge in [-0.25, -0.2) is 0 Å². The summed E-state index contributed by atoms with van der Waals surface area (Å²) in [4.78, 5) is 25.0. The molecule has 2 aromatic carbocycles. The van der Waals surface area contributed by atoms with Gasteiger partial charge in [0, 0.05) is 24.8 Å². The predicted octanol–water partition coefficient (Wildman–Crippen LogP) is 4.09. The van der Waals surface area contributed by atoms with E-state index in [1.165, 1.54) is 45.6 Å². The molecule has 0 bridgehead atoms. The Kier molecular flexibility index (Phi) is 6.85. The molecule has 0 saturated heterocycles. The van der Waals surface area contributed by atoms with Crippen LogP contribution < -0.4 is 14.8 Å². The summed E-state index contributed by atoms with van der Waals surface area (Å²) < 4.78 is 15.4. The van der Waals surface area contributed by atoms with Crippen molar-refractivity contribution in [2.45, 2.75) is 0 Å². The van der Waals surface area contributed by atoms with Gasteiger partial charge in [0.15, 0.2) is 5.78 Å². The van der Waals surface area contributed by atoms with Gasteiger partial charge in [-0.05, 0) is 18.2 Å². The van der Waals surface area contributed by atoms with Crippen molar-refractivity contribution in [3.63, 3.8) is 0 Å². The fourth-order valence-corrected chi connectivity index (χ4v) is 2.59. The molecule has 26 heavy (non-hydrogen) atoms. The molecule has 0 heterocycles. The summed E-state index contributed by atoms with van der Waals surface area (Å²) in [5.41, 5.74) is 0.703. The summed E-state index contributed by atoms with van der Waals surface area (Å²) in [6, 6.07) is 7.56. The van der Waals surface area contributed by atoms with Crippen molar-refractivity contribution in [3.8, 4) is 11.5 Å². The lowest BCUT2D eigenvalue weighted by Crippen LogP contribution is -2.17. The van der Waals surface area contributed by atoms with Gasteiger partial charge in [0.05, 0.1) is 35.5 Å². The van der Waals surface area contributed by atoms with Gasteiger partial charge in [0.1, 0.15) is 18.1 Å². The standard InChI is InChI=1S/C18H17Cl2NO5/c1-24-9-15(22)17-14(7-11(25-2)8-16(17)26-3)21-18(23)10-4-5-12(19)13(20)6-10/h4-8H,9H2,1-3H3,(H,21,23). The monoisotopic (exact) mass is 397 g/mol. The van der Waals surface area contributed by atoms with Crippen LogP contribution in [0.1, 0.15) is 20.7 Å². The fourth-order valence-electron chi connectivity index (χ4n) is 2.29. The van der Waals surface area contributed by atoms with Crippen molar-refractivity contribution in [2.75, 3.05) is 33.3 Å². The molecule has 0 radical (unpaired) electrons. The average molecular weight is 398 g/mol. The number of benzene rings is 2. The second-order valence-electron chi connectivity index (χ2n) is 5.19. The quantitative estimate of drug-likeness (QED) is 0.712. The lowest BCUT2D eigenvalue weighted by molar-refractivity contribution is 0.0846. The first-order valence-corrected chi connectivity index (χ1v) is 8.21. The highest BCUT2D eigenvalue weighted by molar-refractivity contribution is 6.42. The number of anilines is 1. The van der Waals surface area contributed by atoms with E-state index in [0.717, 1.165) is 0 Å². The van der Waals surface area contributed by atoms with Crippen molar-refractivity contribution in [1.29, 1.82) is 0 Å². The summed E-state index contributed by atoms with van der Waals surface area (Å²) in [5, 5.41) is 3.27. The summed E-state index contributed by atoms with van der Waals surface area (Å²) in [5.74, 6) is -0.141. The Morgan fingerprint density at radius 2 is 1.73 bits per heavy atom. The lowest BCUT2D eigenvalue weighted by Gasteiger charge is -2.16. The van der Waals surface area contributed by atoms with E-state index < -0.39 is 5.91 Å². The average Bonchev–Trinajstić information content (AvgIpc) is 2.63. The zero-order chi connectivity index (χ0) is 19.3. The van der Waals surface area contributed by atoms with Gasteiger partial charge in [-0.15, -0.1) is 0 Å². The maximum atomic E-state index is 12.6. The number of hydrogen-bond donors (Lipinski definition) is 1. The van der Waals surface area contributed by atoms with Crippen LogP contribution in [0.2, 0.25) is 10.0 Å². The van der Waals surface area contributed by atoms with E-state index in [1.807, 2.05) is 0 Å². The molecule has 0 aliphatic heterocycles. The number of carbonyl (C=O) groups excluding carboxylic acids is 2. The number of carbonyl (C=O) groups is 2. The van der Waals surface area contributed by atoms with E-state index in [-0.39, 0.29) is 40.0 Å². The molecule has 0 fully saturated rings. The highest BCUT2D eigenvalue weighted by atomic mass is 35.5. The van der Waals surface area contributed by atoms with Gasteiger partial charge < -0.3 is 19.5 Å². The van der Waals surface area contributed by atoms with Crippen molar-refractivity contribution in [1.82, 2.24) is 0 Å². The Bertz CT molecular complexity index is 839. The Morgan fingerprint density at radius 3 is 2.31 bits per heavy atom. The second kappa shape index (κ2) is 8.89. The third kappa shape index (κ3) is 4.46. The number of nitrogens with one attached hydrogen (secondary N) is 1. The van der Waals surface area contributed by atoms with Gasteiger partial charge in [-0.1, -0.05) is 23.2 Å². The van der Waals surface area contributed by atoms with Gasteiger partial charge in [-0.2, -0.15) is 0 Å². The van der Waals surface area contributed by atoms with Crippen molar-refractivity contribution in [3.05, 3.63) is 51.5 Å². The molecule has 0 aromatic heterocycles. The zero-order valence-electron chi connectivity index (χ0n) is 14.4. The molecule has 138 valence electrons. The zero-order valence-corrected chi connectivity index (χ0v) is 15.9. The SMILES string of the molecule is COCC(=O)c1c(NC(=O)c2ccc(Cl)c(Cl)c2)cc(OC)cc1OC. The number of methoxy groups -OCH3 is 3. The highest BCUT2D eigenvalue weighted by Crippen LogP contribution is 2.33. The van der Waals surface area contributed by atoms with Crippen LogP contribution >= 0.6 is 23.2 Å². The highest BCUT2D eigenvalue weighted by Gasteiger charge is 2.21. The molecule has 0 spiro atoms. The molecule has 0 unspecified atom stereocenters. The number of hydrogen-bond acceptors (Lipinski definition) is 5. The minimum atomic E-state index is -0.467. The molecule has 0 atom stereocenters. The number of halogens is 2. The molecule has 6 nitrogen and oxygen atoms in total. The van der Waals surface area contributed by atoms with E-state index >= 15 is 0 Å². The summed E-state index contributed by atoms with van der Waals surface area (Å²) in [6.07, 6.45) is 0. The maximum absolute atomic E-state index is 12.6. The molecule has 2 rings (SSSR count). The smallest absolute Gasteiger partial charge is 0.255 e. The van der Waals surface area contributed by atoms with Gasteiger partial charge in [0.25, 0.3) is 5.91 Å². The molecule has 0 saturated carbocycles. The molecular weight excluding hydrogens is 381 g/mol. The van der Waals surface area contributed by atoms with Crippen LogP contribution in [0.4, 0.5) is 5.69 Å². The Balaban J connectivity index is 2.46. The van der Waals surface area contributed by atoms with E-state index in [2.05, 4.69) is 5.32 Å².